The van der Waals surface area contributed by atoms with E-state index >= 15 is 0 Å². The summed E-state index contributed by atoms with van der Waals surface area (Å²) in [5, 5.41) is 4.27. The lowest BCUT2D eigenvalue weighted by Crippen LogP contribution is -2.31. The van der Waals surface area contributed by atoms with Gasteiger partial charge >= 0.3 is 0 Å². The van der Waals surface area contributed by atoms with Crippen LogP contribution < -0.4 is 11.1 Å². The minimum atomic E-state index is 0.431. The van der Waals surface area contributed by atoms with Crippen molar-refractivity contribution in [2.45, 2.75) is 38.1 Å². The molecule has 0 aromatic heterocycles. The predicted octanol–water partition coefficient (Wildman–Crippen LogP) is 4.41. The zero-order valence-electron chi connectivity index (χ0n) is 11.5. The Hall–Kier alpha value is -0.210. The number of nitrogen functional groups attached to an aromatic ring is 1. The molecule has 0 spiro atoms. The lowest BCUT2D eigenvalue weighted by atomic mass is 10.0. The smallest absolute Gasteiger partial charge is 0.0842 e. The number of hydrogen-bond donors (Lipinski definition) is 2. The Kier molecular flexibility index (Phi) is 6.22. The average molecular weight is 334 g/mol. The lowest BCUT2D eigenvalue weighted by Gasteiger charge is -2.32. The van der Waals surface area contributed by atoms with Crippen molar-refractivity contribution in [3.8, 4) is 0 Å². The van der Waals surface area contributed by atoms with E-state index in [9.17, 15) is 0 Å². The molecule has 3 N–H and O–H groups in total. The number of halogens is 2. The zero-order valence-corrected chi connectivity index (χ0v) is 14.2. The maximum atomic E-state index is 6.03. The largest absolute Gasteiger partial charge is 0.396 e. The number of nitrogens with two attached hydrogens (primary N) is 1. The average Bonchev–Trinajstić information content (AvgIpc) is 2.45. The Balaban J connectivity index is 1.77. The van der Waals surface area contributed by atoms with Gasteiger partial charge in [0, 0.05) is 19.1 Å². The molecule has 1 aromatic rings. The van der Waals surface area contributed by atoms with E-state index in [1.54, 1.807) is 6.07 Å². The Morgan fingerprint density at radius 2 is 2.15 bits per heavy atom. The summed E-state index contributed by atoms with van der Waals surface area (Å²) in [4.78, 5) is 0. The molecule has 0 saturated carbocycles. The fourth-order valence-corrected chi connectivity index (χ4v) is 3.42. The summed E-state index contributed by atoms with van der Waals surface area (Å²) >= 11 is 11.9. The van der Waals surface area contributed by atoms with Crippen LogP contribution in [-0.2, 0) is 0 Å². The molecule has 1 aromatic carbocycles. The second-order valence-corrected chi connectivity index (χ2v) is 6.73. The van der Waals surface area contributed by atoms with Crippen LogP contribution in [0, 0.1) is 0 Å². The summed E-state index contributed by atoms with van der Waals surface area (Å²) < 4.78 is 2.40. The Morgan fingerprint density at radius 3 is 2.90 bits per heavy atom. The molecule has 2 atom stereocenters. The van der Waals surface area contributed by atoms with Gasteiger partial charge in [0.15, 0.2) is 0 Å². The van der Waals surface area contributed by atoms with E-state index in [4.69, 9.17) is 28.9 Å². The summed E-state index contributed by atoms with van der Waals surface area (Å²) in [6.45, 7) is 2.10. The first kappa shape index (κ1) is 16.2. The van der Waals surface area contributed by atoms with Crippen LogP contribution in [0.25, 0.3) is 0 Å². The van der Waals surface area contributed by atoms with Gasteiger partial charge in [0.2, 0.25) is 0 Å². The third kappa shape index (κ3) is 4.14. The molecule has 112 valence electrons. The van der Waals surface area contributed by atoms with E-state index < -0.39 is 0 Å². The molecule has 1 saturated heterocycles. The van der Waals surface area contributed by atoms with Gasteiger partial charge in [0.25, 0.3) is 0 Å². The van der Waals surface area contributed by atoms with Crippen molar-refractivity contribution in [1.82, 2.24) is 4.67 Å². The van der Waals surface area contributed by atoms with Crippen molar-refractivity contribution < 1.29 is 0 Å². The molecule has 3 nitrogen and oxygen atoms in total. The first-order valence-corrected chi connectivity index (χ1v) is 8.35. The number of nitrogens with one attached hydrogen (secondary N) is 1. The number of piperidine rings is 1. The molecule has 1 aliphatic heterocycles. The van der Waals surface area contributed by atoms with Crippen LogP contribution in [0.5, 0.6) is 0 Å². The first-order chi connectivity index (χ1) is 9.59. The van der Waals surface area contributed by atoms with Crippen LogP contribution >= 0.6 is 32.6 Å². The molecule has 1 fully saturated rings. The first-order valence-electron chi connectivity index (χ1n) is 7.08. The van der Waals surface area contributed by atoms with Gasteiger partial charge in [-0.3, -0.25) is 4.67 Å². The van der Waals surface area contributed by atoms with Crippen molar-refractivity contribution in [3.05, 3.63) is 22.2 Å². The maximum Gasteiger partial charge on any atom is 0.0842 e. The molecule has 20 heavy (non-hydrogen) atoms. The highest BCUT2D eigenvalue weighted by Gasteiger charge is 2.18. The minimum Gasteiger partial charge on any atom is -0.396 e. The van der Waals surface area contributed by atoms with Gasteiger partial charge in [0.05, 0.1) is 21.4 Å². The highest BCUT2D eigenvalue weighted by atomic mass is 35.5. The summed E-state index contributed by atoms with van der Waals surface area (Å²) in [6.07, 6.45) is 6.30. The molecule has 6 heteroatoms. The third-order valence-electron chi connectivity index (χ3n) is 3.83. The van der Waals surface area contributed by atoms with Crippen LogP contribution in [0.4, 0.5) is 11.4 Å². The fraction of sp³-hybridized carbons (Fsp3) is 0.571. The lowest BCUT2D eigenvalue weighted by molar-refractivity contribution is 0.258. The van der Waals surface area contributed by atoms with E-state index in [0.717, 1.165) is 18.7 Å². The van der Waals surface area contributed by atoms with Crippen molar-refractivity contribution in [1.29, 1.82) is 0 Å². The molecule has 2 rings (SSSR count). The number of anilines is 2. The van der Waals surface area contributed by atoms with Crippen LogP contribution in [0.3, 0.4) is 0 Å². The molecule has 0 radical (unpaired) electrons. The molecule has 0 bridgehead atoms. The molecule has 1 aliphatic rings. The maximum absolute atomic E-state index is 6.03. The number of benzene rings is 1. The van der Waals surface area contributed by atoms with E-state index in [0.29, 0.717) is 21.8 Å². The van der Waals surface area contributed by atoms with Gasteiger partial charge in [-0.25, -0.2) is 0 Å². The highest BCUT2D eigenvalue weighted by Crippen LogP contribution is 2.33. The molecular weight excluding hydrogens is 312 g/mol. The zero-order chi connectivity index (χ0) is 14.5. The number of nitrogens with zero attached hydrogens (tertiary/aromatic N) is 1. The Labute approximate surface area is 133 Å². The molecule has 0 aliphatic carbocycles. The third-order valence-corrected chi connectivity index (χ3v) is 5.33. The van der Waals surface area contributed by atoms with Gasteiger partial charge in [-0.15, -0.1) is 0 Å². The van der Waals surface area contributed by atoms with Crippen LogP contribution in [-0.4, -0.2) is 23.8 Å². The topological polar surface area (TPSA) is 41.3 Å². The quantitative estimate of drug-likeness (QED) is 0.476. The summed E-state index contributed by atoms with van der Waals surface area (Å²) in [6, 6.07) is 4.35. The highest BCUT2D eigenvalue weighted by molar-refractivity contribution is 7.13. The van der Waals surface area contributed by atoms with Crippen molar-refractivity contribution in [2.24, 2.45) is 0 Å². The summed E-state index contributed by atoms with van der Waals surface area (Å²) in [5.74, 6) is 0. The van der Waals surface area contributed by atoms with Gasteiger partial charge in [0.1, 0.15) is 0 Å². The van der Waals surface area contributed by atoms with Gasteiger partial charge < -0.3 is 11.1 Å². The standard InChI is InChI=1S/C14H22Cl2N3P/c15-11-6-7-12(14(17)13(11)16)18-8-3-5-10-4-1-2-9-19(10)20/h6-7,10,18H,1-5,8-9,17,20H2. The van der Waals surface area contributed by atoms with Crippen LogP contribution in [0.2, 0.25) is 10.0 Å². The van der Waals surface area contributed by atoms with E-state index in [1.807, 2.05) is 6.07 Å². The second-order valence-electron chi connectivity index (χ2n) is 5.28. The summed E-state index contributed by atoms with van der Waals surface area (Å²) in [5.41, 5.74) is 7.34. The SMILES string of the molecule is Nc1c(NCCCC2CCCCN2P)ccc(Cl)c1Cl. The van der Waals surface area contributed by atoms with Crippen molar-refractivity contribution in [2.75, 3.05) is 24.1 Å². The molecular formula is C14H22Cl2N3P. The monoisotopic (exact) mass is 333 g/mol. The van der Waals surface area contributed by atoms with E-state index in [2.05, 4.69) is 19.4 Å². The fourth-order valence-electron chi connectivity index (χ4n) is 2.61. The second kappa shape index (κ2) is 7.70. The van der Waals surface area contributed by atoms with Gasteiger partial charge in [-0.05, 0) is 37.8 Å². The predicted molar refractivity (Wildman–Crippen MR) is 92.7 cm³/mol. The van der Waals surface area contributed by atoms with Crippen LogP contribution in [0.15, 0.2) is 12.1 Å². The van der Waals surface area contributed by atoms with Crippen molar-refractivity contribution in [3.63, 3.8) is 0 Å². The Morgan fingerprint density at radius 1 is 1.35 bits per heavy atom. The van der Waals surface area contributed by atoms with E-state index in [-0.39, 0.29) is 0 Å². The molecule has 2 unspecified atom stereocenters. The summed E-state index contributed by atoms with van der Waals surface area (Å²) in [7, 11) is 2.86. The van der Waals surface area contributed by atoms with Gasteiger partial charge in [-0.1, -0.05) is 39.0 Å². The molecule has 0 amide bonds. The molecule has 1 heterocycles. The number of rotatable bonds is 5. The van der Waals surface area contributed by atoms with Crippen LogP contribution in [0.1, 0.15) is 32.1 Å². The Bertz CT molecular complexity index is 456. The van der Waals surface area contributed by atoms with E-state index in [1.165, 1.54) is 32.2 Å². The van der Waals surface area contributed by atoms with Gasteiger partial charge in [-0.2, -0.15) is 0 Å². The van der Waals surface area contributed by atoms with Crippen molar-refractivity contribution >= 4 is 44.0 Å². The normalized spacial score (nSPS) is 20.1. The minimum absolute atomic E-state index is 0.431. The number of hydrogen-bond acceptors (Lipinski definition) is 3.